The van der Waals surface area contributed by atoms with E-state index in [0.717, 1.165) is 11.1 Å². The molecule has 4 heteroatoms. The molecule has 0 heterocycles. The van der Waals surface area contributed by atoms with Gasteiger partial charge >= 0.3 is 0 Å². The summed E-state index contributed by atoms with van der Waals surface area (Å²) in [4.78, 5) is 0. The predicted molar refractivity (Wildman–Crippen MR) is 82.9 cm³/mol. The summed E-state index contributed by atoms with van der Waals surface area (Å²) in [6, 6.07) is 11.9. The largest absolute Gasteiger partial charge is 0.325 e. The highest BCUT2D eigenvalue weighted by molar-refractivity contribution is 6.35. The molecule has 0 aliphatic carbocycles. The van der Waals surface area contributed by atoms with Crippen LogP contribution in [0, 0.1) is 5.82 Å². The molecule has 2 rings (SSSR count). The van der Waals surface area contributed by atoms with Gasteiger partial charge in [0.1, 0.15) is 5.82 Å². The molecule has 2 aromatic carbocycles. The van der Waals surface area contributed by atoms with Gasteiger partial charge in [0, 0.05) is 15.6 Å². The van der Waals surface area contributed by atoms with E-state index in [4.69, 9.17) is 28.9 Å². The molecule has 0 fully saturated rings. The number of nitrogens with two attached hydrogens (primary N) is 1. The Bertz CT molecular complexity index is 611. The van der Waals surface area contributed by atoms with Crippen molar-refractivity contribution in [3.63, 3.8) is 0 Å². The second-order valence-electron chi connectivity index (χ2n) is 5.37. The third-order valence-corrected chi connectivity index (χ3v) is 3.69. The number of benzene rings is 2. The fourth-order valence-corrected chi connectivity index (χ4v) is 2.75. The molecular formula is C16H16Cl2FN. The standard InChI is InChI=1S/C16H16Cl2FN/c1-16(20,9-11-3-2-4-14(19)7-11)10-12-5-6-13(17)8-15(12)18/h2-8H,9-10,20H2,1H3. The van der Waals surface area contributed by atoms with Crippen LogP contribution >= 0.6 is 23.2 Å². The number of rotatable bonds is 4. The third-order valence-electron chi connectivity index (χ3n) is 3.11. The maximum atomic E-state index is 13.2. The number of hydrogen-bond acceptors (Lipinski definition) is 1. The minimum Gasteiger partial charge on any atom is -0.325 e. The van der Waals surface area contributed by atoms with Crippen LogP contribution in [-0.2, 0) is 12.8 Å². The van der Waals surface area contributed by atoms with E-state index in [2.05, 4.69) is 0 Å². The van der Waals surface area contributed by atoms with Crippen LogP contribution in [0.4, 0.5) is 4.39 Å². The molecule has 1 unspecified atom stereocenters. The maximum Gasteiger partial charge on any atom is 0.123 e. The zero-order valence-electron chi connectivity index (χ0n) is 11.2. The Morgan fingerprint density at radius 3 is 2.50 bits per heavy atom. The van der Waals surface area contributed by atoms with Crippen molar-refractivity contribution in [2.24, 2.45) is 5.73 Å². The van der Waals surface area contributed by atoms with E-state index >= 15 is 0 Å². The summed E-state index contributed by atoms with van der Waals surface area (Å²) in [6.07, 6.45) is 1.17. The van der Waals surface area contributed by atoms with Crippen molar-refractivity contribution in [1.29, 1.82) is 0 Å². The van der Waals surface area contributed by atoms with Crippen molar-refractivity contribution in [2.45, 2.75) is 25.3 Å². The zero-order valence-corrected chi connectivity index (χ0v) is 12.7. The Hall–Kier alpha value is -1.09. The molecule has 0 amide bonds. The lowest BCUT2D eigenvalue weighted by atomic mass is 9.87. The minimum atomic E-state index is -0.509. The van der Waals surface area contributed by atoms with Crippen LogP contribution in [0.1, 0.15) is 18.1 Å². The van der Waals surface area contributed by atoms with Gasteiger partial charge in [-0.1, -0.05) is 41.4 Å². The average Bonchev–Trinajstić information content (AvgIpc) is 2.32. The molecular weight excluding hydrogens is 296 g/mol. The van der Waals surface area contributed by atoms with E-state index < -0.39 is 5.54 Å². The van der Waals surface area contributed by atoms with Gasteiger partial charge < -0.3 is 5.73 Å². The van der Waals surface area contributed by atoms with Gasteiger partial charge in [0.05, 0.1) is 0 Å². The molecule has 0 radical (unpaired) electrons. The van der Waals surface area contributed by atoms with Gasteiger partial charge in [-0.15, -0.1) is 0 Å². The van der Waals surface area contributed by atoms with Gasteiger partial charge in [-0.2, -0.15) is 0 Å². The first-order valence-electron chi connectivity index (χ1n) is 6.33. The SMILES string of the molecule is CC(N)(Cc1cccc(F)c1)Cc1ccc(Cl)cc1Cl. The van der Waals surface area contributed by atoms with E-state index in [0.29, 0.717) is 22.9 Å². The molecule has 2 aromatic rings. The lowest BCUT2D eigenvalue weighted by molar-refractivity contribution is 0.461. The Morgan fingerprint density at radius 1 is 1.10 bits per heavy atom. The van der Waals surface area contributed by atoms with E-state index in [9.17, 15) is 4.39 Å². The first kappa shape index (κ1) is 15.3. The van der Waals surface area contributed by atoms with E-state index in [1.807, 2.05) is 19.1 Å². The first-order valence-corrected chi connectivity index (χ1v) is 7.09. The normalized spacial score (nSPS) is 14.1. The highest BCUT2D eigenvalue weighted by Gasteiger charge is 2.21. The molecule has 0 aliphatic rings. The Kier molecular flexibility index (Phi) is 4.69. The fraction of sp³-hybridized carbons (Fsp3) is 0.250. The molecule has 0 bridgehead atoms. The lowest BCUT2D eigenvalue weighted by Gasteiger charge is -2.25. The van der Waals surface area contributed by atoms with Gasteiger partial charge in [0.2, 0.25) is 0 Å². The monoisotopic (exact) mass is 311 g/mol. The smallest absolute Gasteiger partial charge is 0.123 e. The Labute approximate surface area is 128 Å². The first-order chi connectivity index (χ1) is 9.35. The molecule has 0 aliphatic heterocycles. The van der Waals surface area contributed by atoms with Crippen LogP contribution in [0.15, 0.2) is 42.5 Å². The summed E-state index contributed by atoms with van der Waals surface area (Å²) in [5, 5.41) is 1.20. The molecule has 1 atom stereocenters. The lowest BCUT2D eigenvalue weighted by Crippen LogP contribution is -2.41. The predicted octanol–water partition coefficient (Wildman–Crippen LogP) is 4.64. The van der Waals surface area contributed by atoms with Gasteiger partial charge in [-0.05, 0) is 55.2 Å². The quantitative estimate of drug-likeness (QED) is 0.875. The maximum absolute atomic E-state index is 13.2. The summed E-state index contributed by atoms with van der Waals surface area (Å²) in [7, 11) is 0. The molecule has 0 aromatic heterocycles. The van der Waals surface area contributed by atoms with Gasteiger partial charge in [0.15, 0.2) is 0 Å². The van der Waals surface area contributed by atoms with Crippen molar-refractivity contribution in [1.82, 2.24) is 0 Å². The molecule has 2 N–H and O–H groups in total. The Morgan fingerprint density at radius 2 is 1.85 bits per heavy atom. The second-order valence-corrected chi connectivity index (χ2v) is 6.22. The van der Waals surface area contributed by atoms with Crippen LogP contribution in [0.5, 0.6) is 0 Å². The molecule has 0 spiro atoms. The summed E-state index contributed by atoms with van der Waals surface area (Å²) in [6.45, 7) is 1.93. The topological polar surface area (TPSA) is 26.0 Å². The van der Waals surface area contributed by atoms with Crippen LogP contribution < -0.4 is 5.73 Å². The second kappa shape index (κ2) is 6.13. The van der Waals surface area contributed by atoms with Crippen molar-refractivity contribution in [3.8, 4) is 0 Å². The highest BCUT2D eigenvalue weighted by atomic mass is 35.5. The number of hydrogen-bond donors (Lipinski definition) is 1. The van der Waals surface area contributed by atoms with Crippen LogP contribution in [0.2, 0.25) is 10.0 Å². The highest BCUT2D eigenvalue weighted by Crippen LogP contribution is 2.25. The molecule has 0 saturated heterocycles. The molecule has 106 valence electrons. The van der Waals surface area contributed by atoms with Crippen LogP contribution in [0.25, 0.3) is 0 Å². The van der Waals surface area contributed by atoms with Crippen molar-refractivity contribution in [3.05, 3.63) is 69.5 Å². The van der Waals surface area contributed by atoms with E-state index in [1.165, 1.54) is 12.1 Å². The number of halogens is 3. The summed E-state index contributed by atoms with van der Waals surface area (Å²) in [5.41, 5.74) is 7.63. The van der Waals surface area contributed by atoms with Gasteiger partial charge in [0.25, 0.3) is 0 Å². The molecule has 0 saturated carbocycles. The third kappa shape index (κ3) is 4.20. The summed E-state index contributed by atoms with van der Waals surface area (Å²) >= 11 is 12.0. The van der Waals surface area contributed by atoms with Crippen LogP contribution in [0.3, 0.4) is 0 Å². The van der Waals surface area contributed by atoms with E-state index in [-0.39, 0.29) is 5.82 Å². The fourth-order valence-electron chi connectivity index (χ4n) is 2.28. The van der Waals surface area contributed by atoms with E-state index in [1.54, 1.807) is 18.2 Å². The summed E-state index contributed by atoms with van der Waals surface area (Å²) in [5.74, 6) is -0.247. The van der Waals surface area contributed by atoms with Crippen LogP contribution in [-0.4, -0.2) is 5.54 Å². The zero-order chi connectivity index (χ0) is 14.8. The average molecular weight is 312 g/mol. The Balaban J connectivity index is 2.14. The van der Waals surface area contributed by atoms with Crippen molar-refractivity contribution in [2.75, 3.05) is 0 Å². The minimum absolute atomic E-state index is 0.247. The van der Waals surface area contributed by atoms with Crippen molar-refractivity contribution >= 4 is 23.2 Å². The molecule has 1 nitrogen and oxygen atoms in total. The van der Waals surface area contributed by atoms with Gasteiger partial charge in [-0.3, -0.25) is 0 Å². The van der Waals surface area contributed by atoms with Gasteiger partial charge in [-0.25, -0.2) is 4.39 Å². The summed E-state index contributed by atoms with van der Waals surface area (Å²) < 4.78 is 13.2. The molecule has 20 heavy (non-hydrogen) atoms. The van der Waals surface area contributed by atoms with Crippen molar-refractivity contribution < 1.29 is 4.39 Å².